The van der Waals surface area contributed by atoms with Crippen LogP contribution in [0.3, 0.4) is 0 Å². The van der Waals surface area contributed by atoms with Crippen molar-refractivity contribution < 1.29 is 0 Å². The van der Waals surface area contributed by atoms with Crippen LogP contribution in [0.15, 0.2) is 144 Å². The fourth-order valence-electron chi connectivity index (χ4n) is 6.44. The SMILES string of the molecule is O=c1c2sc(-c3ccccc3)cc2c2cc(-c3ccccc3)sc2n1-c1ccc2c3ccccc3c3ccccc3c2c1. The lowest BCUT2D eigenvalue weighted by Crippen LogP contribution is -2.17. The highest BCUT2D eigenvalue weighted by molar-refractivity contribution is 7.23. The van der Waals surface area contributed by atoms with Gasteiger partial charge in [-0.05, 0) is 67.7 Å². The van der Waals surface area contributed by atoms with E-state index < -0.39 is 0 Å². The van der Waals surface area contributed by atoms with Gasteiger partial charge in [0.2, 0.25) is 0 Å². The third kappa shape index (κ3) is 3.74. The fourth-order valence-corrected chi connectivity index (χ4v) is 8.75. The van der Waals surface area contributed by atoms with E-state index in [2.05, 4.69) is 127 Å². The fraction of sp³-hybridized carbons (Fsp3) is 0. The van der Waals surface area contributed by atoms with E-state index in [4.69, 9.17) is 0 Å². The molecule has 4 heteroatoms. The molecule has 0 aliphatic rings. The van der Waals surface area contributed by atoms with Gasteiger partial charge in [0, 0.05) is 20.5 Å². The molecular formula is C39H23NOS2. The minimum absolute atomic E-state index is 0.0283. The molecule has 9 rings (SSSR count). The van der Waals surface area contributed by atoms with Crippen molar-refractivity contribution in [1.82, 2.24) is 4.57 Å². The molecule has 0 saturated carbocycles. The van der Waals surface area contributed by atoms with E-state index in [0.29, 0.717) is 0 Å². The van der Waals surface area contributed by atoms with E-state index in [9.17, 15) is 4.79 Å². The topological polar surface area (TPSA) is 22.0 Å². The van der Waals surface area contributed by atoms with Crippen LogP contribution in [-0.4, -0.2) is 4.57 Å². The molecule has 43 heavy (non-hydrogen) atoms. The zero-order valence-corrected chi connectivity index (χ0v) is 24.6. The Morgan fingerprint density at radius 1 is 0.419 bits per heavy atom. The van der Waals surface area contributed by atoms with Gasteiger partial charge in [-0.25, -0.2) is 0 Å². The Morgan fingerprint density at radius 2 is 0.907 bits per heavy atom. The molecule has 0 bridgehead atoms. The van der Waals surface area contributed by atoms with Gasteiger partial charge in [-0.15, -0.1) is 22.7 Å². The maximum absolute atomic E-state index is 14.5. The van der Waals surface area contributed by atoms with Crippen LogP contribution in [0.25, 0.3) is 79.2 Å². The summed E-state index contributed by atoms with van der Waals surface area (Å²) >= 11 is 3.27. The quantitative estimate of drug-likeness (QED) is 0.189. The second-order valence-electron chi connectivity index (χ2n) is 10.9. The third-order valence-electron chi connectivity index (χ3n) is 8.44. The lowest BCUT2D eigenvalue weighted by atomic mass is 9.94. The molecule has 0 amide bonds. The number of rotatable bonds is 3. The van der Waals surface area contributed by atoms with Gasteiger partial charge >= 0.3 is 0 Å². The second-order valence-corrected chi connectivity index (χ2v) is 13.0. The van der Waals surface area contributed by atoms with Crippen molar-refractivity contribution in [2.24, 2.45) is 0 Å². The Morgan fingerprint density at radius 3 is 1.51 bits per heavy atom. The van der Waals surface area contributed by atoms with Gasteiger partial charge in [0.25, 0.3) is 5.56 Å². The van der Waals surface area contributed by atoms with Crippen LogP contribution in [0, 0.1) is 0 Å². The molecule has 202 valence electrons. The molecular weight excluding hydrogens is 563 g/mol. The normalized spacial score (nSPS) is 11.8. The van der Waals surface area contributed by atoms with Gasteiger partial charge in [0.15, 0.2) is 0 Å². The molecule has 0 aliphatic heterocycles. The van der Waals surface area contributed by atoms with Crippen molar-refractivity contribution in [2.75, 3.05) is 0 Å². The number of benzene rings is 6. The predicted octanol–water partition coefficient (Wildman–Crippen LogP) is 11.1. The van der Waals surface area contributed by atoms with Gasteiger partial charge in [-0.2, -0.15) is 0 Å². The molecule has 0 aliphatic carbocycles. The number of hydrogen-bond donors (Lipinski definition) is 0. The molecule has 2 nitrogen and oxygen atoms in total. The van der Waals surface area contributed by atoms with E-state index in [-0.39, 0.29) is 5.56 Å². The number of thiophene rings is 2. The van der Waals surface area contributed by atoms with Crippen molar-refractivity contribution in [1.29, 1.82) is 0 Å². The summed E-state index contributed by atoms with van der Waals surface area (Å²) in [5, 5.41) is 9.38. The number of nitrogens with zero attached hydrogens (tertiary/aromatic N) is 1. The monoisotopic (exact) mass is 585 g/mol. The smallest absolute Gasteiger partial charge is 0.267 e. The largest absolute Gasteiger partial charge is 0.274 e. The van der Waals surface area contributed by atoms with Crippen molar-refractivity contribution >= 4 is 75.3 Å². The predicted molar refractivity (Wildman–Crippen MR) is 186 cm³/mol. The summed E-state index contributed by atoms with van der Waals surface area (Å²) in [5.41, 5.74) is 3.21. The first kappa shape index (κ1) is 24.6. The summed E-state index contributed by atoms with van der Waals surface area (Å²) < 4.78 is 2.73. The third-order valence-corrected chi connectivity index (χ3v) is 10.8. The zero-order valence-electron chi connectivity index (χ0n) is 23.0. The van der Waals surface area contributed by atoms with Gasteiger partial charge in [-0.3, -0.25) is 9.36 Å². The van der Waals surface area contributed by atoms with Gasteiger partial charge in [0.1, 0.15) is 9.53 Å². The van der Waals surface area contributed by atoms with E-state index >= 15 is 0 Å². The average Bonchev–Trinajstić information content (AvgIpc) is 3.72. The summed E-state index contributed by atoms with van der Waals surface area (Å²) in [6.45, 7) is 0. The van der Waals surface area contributed by atoms with Crippen molar-refractivity contribution in [3.63, 3.8) is 0 Å². The number of fused-ring (bicyclic) bond motifs is 9. The van der Waals surface area contributed by atoms with Crippen LogP contribution in [0.5, 0.6) is 0 Å². The first-order chi connectivity index (χ1) is 21.2. The lowest BCUT2D eigenvalue weighted by molar-refractivity contribution is 1.08. The van der Waals surface area contributed by atoms with E-state index in [0.717, 1.165) is 52.3 Å². The highest BCUT2D eigenvalue weighted by atomic mass is 32.1. The van der Waals surface area contributed by atoms with Crippen LogP contribution < -0.4 is 5.56 Å². The molecule has 0 unspecified atom stereocenters. The molecule has 0 spiro atoms. The Bertz CT molecular complexity index is 2540. The van der Waals surface area contributed by atoms with Gasteiger partial charge in [-0.1, -0.05) is 115 Å². The highest BCUT2D eigenvalue weighted by Gasteiger charge is 2.20. The number of aromatic nitrogens is 1. The van der Waals surface area contributed by atoms with E-state index in [1.165, 1.54) is 26.9 Å². The first-order valence-corrected chi connectivity index (χ1v) is 15.9. The molecule has 0 saturated heterocycles. The highest BCUT2D eigenvalue weighted by Crippen LogP contribution is 2.42. The van der Waals surface area contributed by atoms with Crippen molar-refractivity contribution in [3.05, 3.63) is 150 Å². The molecule has 0 fully saturated rings. The zero-order chi connectivity index (χ0) is 28.5. The maximum atomic E-state index is 14.5. The number of hydrogen-bond acceptors (Lipinski definition) is 3. The Hall–Kier alpha value is -5.03. The minimum atomic E-state index is 0.0283. The summed E-state index contributed by atoms with van der Waals surface area (Å²) in [4.78, 5) is 17.8. The number of pyridine rings is 1. The van der Waals surface area contributed by atoms with Crippen LogP contribution in [0.2, 0.25) is 0 Å². The van der Waals surface area contributed by atoms with Gasteiger partial charge < -0.3 is 0 Å². The van der Waals surface area contributed by atoms with E-state index in [1.807, 2.05) is 16.7 Å². The van der Waals surface area contributed by atoms with Crippen LogP contribution in [-0.2, 0) is 0 Å². The Labute approximate surface area is 255 Å². The lowest BCUT2D eigenvalue weighted by Gasteiger charge is -2.13. The van der Waals surface area contributed by atoms with Crippen molar-refractivity contribution in [3.8, 4) is 26.6 Å². The van der Waals surface area contributed by atoms with Gasteiger partial charge in [0.05, 0.1) is 5.69 Å². The molecule has 9 aromatic rings. The molecule has 3 heterocycles. The standard InChI is InChI=1S/C39H23NOS2/c41-38-37-33(22-35(42-37)24-11-3-1-4-12-24)34-23-36(25-13-5-2-6-14-25)43-39(34)40(38)26-19-20-31-29-17-8-7-15-27(29)28-16-9-10-18-30(28)32(31)21-26/h1-23H. The molecule has 0 atom stereocenters. The minimum Gasteiger partial charge on any atom is -0.267 e. The Balaban J connectivity index is 1.39. The Kier molecular flexibility index (Phi) is 5.42. The summed E-state index contributed by atoms with van der Waals surface area (Å²) in [6, 6.07) is 49.0. The second kappa shape index (κ2) is 9.50. The molecule has 3 aromatic heterocycles. The molecule has 6 aromatic carbocycles. The first-order valence-electron chi connectivity index (χ1n) is 14.3. The van der Waals surface area contributed by atoms with Crippen LogP contribution in [0.4, 0.5) is 0 Å². The summed E-state index contributed by atoms with van der Waals surface area (Å²) in [6.07, 6.45) is 0. The maximum Gasteiger partial charge on any atom is 0.274 e. The summed E-state index contributed by atoms with van der Waals surface area (Å²) in [7, 11) is 0. The van der Waals surface area contributed by atoms with E-state index in [1.54, 1.807) is 22.7 Å². The van der Waals surface area contributed by atoms with Crippen LogP contribution >= 0.6 is 22.7 Å². The van der Waals surface area contributed by atoms with Crippen molar-refractivity contribution in [2.45, 2.75) is 0 Å². The molecule has 0 N–H and O–H groups in total. The average molecular weight is 586 g/mol. The van der Waals surface area contributed by atoms with Crippen LogP contribution in [0.1, 0.15) is 0 Å². The molecule has 0 radical (unpaired) electrons. The summed E-state index contributed by atoms with van der Waals surface area (Å²) in [5.74, 6) is 0.